The summed E-state index contributed by atoms with van der Waals surface area (Å²) in [7, 11) is 1.71. The van der Waals surface area contributed by atoms with E-state index in [0.717, 1.165) is 12.3 Å². The van der Waals surface area contributed by atoms with Crippen LogP contribution in [0.2, 0.25) is 0 Å². The summed E-state index contributed by atoms with van der Waals surface area (Å²) in [5, 5.41) is 0. The minimum Gasteiger partial charge on any atom is -0.296 e. The first-order chi connectivity index (χ1) is 3.85. The molecule has 0 bridgehead atoms. The summed E-state index contributed by atoms with van der Waals surface area (Å²) < 4.78 is 0. The highest BCUT2D eigenvalue weighted by Crippen LogP contribution is 1.74. The lowest BCUT2D eigenvalue weighted by Gasteiger charge is -2.02. The van der Waals surface area contributed by atoms with Gasteiger partial charge in [-0.2, -0.15) is 5.53 Å². The van der Waals surface area contributed by atoms with E-state index in [1.54, 1.807) is 7.05 Å². The Morgan fingerprint density at radius 3 is 2.50 bits per heavy atom. The molecule has 0 heterocycles. The number of hydrazine groups is 2. The summed E-state index contributed by atoms with van der Waals surface area (Å²) in [6, 6.07) is 0. The van der Waals surface area contributed by atoms with Gasteiger partial charge < -0.3 is 0 Å². The van der Waals surface area contributed by atoms with Gasteiger partial charge in [-0.25, -0.2) is 0 Å². The molecule has 0 aromatic rings. The molecule has 4 N–H and O–H groups in total. The van der Waals surface area contributed by atoms with Gasteiger partial charge in [-0.15, -0.1) is 0 Å². The molecule has 0 unspecified atom stereocenters. The lowest BCUT2D eigenvalue weighted by molar-refractivity contribution is 0.685. The van der Waals surface area contributed by atoms with E-state index < -0.39 is 0 Å². The summed E-state index contributed by atoms with van der Waals surface area (Å²) in [6.07, 6.45) is 0.862. The van der Waals surface area contributed by atoms with Crippen LogP contribution in [-0.2, 0) is 0 Å². The Hall–Kier alpha value is -0.610. The van der Waals surface area contributed by atoms with Crippen LogP contribution >= 0.6 is 0 Å². The average Bonchev–Trinajstić information content (AvgIpc) is 1.83. The molecule has 0 atom stereocenters. The fraction of sp³-hybridized carbons (Fsp3) is 0.750. The zero-order valence-corrected chi connectivity index (χ0v) is 5.23. The van der Waals surface area contributed by atoms with Crippen LogP contribution in [0.3, 0.4) is 0 Å². The highest BCUT2D eigenvalue weighted by Gasteiger charge is 1.85. The third kappa shape index (κ3) is 2.54. The maximum atomic E-state index is 4.94. The van der Waals surface area contributed by atoms with E-state index in [4.69, 9.17) is 5.84 Å². The number of hydrogen-bond donors (Lipinski definition) is 3. The maximum absolute atomic E-state index is 4.94. The molecule has 0 aliphatic carbocycles. The molecule has 0 aromatic carbocycles. The Morgan fingerprint density at radius 1 is 1.75 bits per heavy atom. The third-order valence-corrected chi connectivity index (χ3v) is 0.821. The van der Waals surface area contributed by atoms with Crippen LogP contribution in [0.1, 0.15) is 13.3 Å². The summed E-state index contributed by atoms with van der Waals surface area (Å²) in [5.41, 5.74) is 4.95. The van der Waals surface area contributed by atoms with Crippen LogP contribution < -0.4 is 16.8 Å². The van der Waals surface area contributed by atoms with Gasteiger partial charge >= 0.3 is 0 Å². The van der Waals surface area contributed by atoms with Crippen molar-refractivity contribution in [2.45, 2.75) is 13.3 Å². The van der Waals surface area contributed by atoms with Crippen LogP contribution in [0.5, 0.6) is 0 Å². The summed E-state index contributed by atoms with van der Waals surface area (Å²) in [4.78, 5) is 3.86. The minimum absolute atomic E-state index is 0.854. The first-order valence-electron chi connectivity index (χ1n) is 2.52. The predicted octanol–water partition coefficient (Wildman–Crippen LogP) is -0.607. The van der Waals surface area contributed by atoms with Gasteiger partial charge in [0.2, 0.25) is 0 Å². The largest absolute Gasteiger partial charge is 0.296 e. The molecule has 0 fully saturated rings. The Kier molecular flexibility index (Phi) is 4.20. The number of nitrogens with one attached hydrogen (secondary N) is 2. The quantitative estimate of drug-likeness (QED) is 0.195. The number of rotatable bonds is 2. The van der Waals surface area contributed by atoms with Gasteiger partial charge in [0.1, 0.15) is 5.84 Å². The van der Waals surface area contributed by atoms with Crippen molar-refractivity contribution in [2.75, 3.05) is 7.05 Å². The van der Waals surface area contributed by atoms with E-state index in [-0.39, 0.29) is 0 Å². The third-order valence-electron chi connectivity index (χ3n) is 0.821. The smallest absolute Gasteiger partial charge is 0.111 e. The number of nitrogens with zero attached hydrogens (tertiary/aromatic N) is 1. The molecule has 0 aromatic heterocycles. The molecule has 0 rings (SSSR count). The van der Waals surface area contributed by atoms with Crippen molar-refractivity contribution < 1.29 is 0 Å². The van der Waals surface area contributed by atoms with Crippen molar-refractivity contribution in [3.05, 3.63) is 0 Å². The van der Waals surface area contributed by atoms with Crippen molar-refractivity contribution in [3.63, 3.8) is 0 Å². The number of aliphatic imine (C=N–C) groups is 1. The zero-order valence-electron chi connectivity index (χ0n) is 5.23. The average molecular weight is 116 g/mol. The molecule has 0 radical (unpaired) electrons. The standard InChI is InChI=1S/C4H12N4/c1-3-4(6-2)7-8-5/h8H,3,5H2,1-2H3,(H,6,7). The van der Waals surface area contributed by atoms with Crippen LogP contribution in [-0.4, -0.2) is 12.9 Å². The monoisotopic (exact) mass is 116 g/mol. The van der Waals surface area contributed by atoms with Gasteiger partial charge in [0, 0.05) is 13.5 Å². The van der Waals surface area contributed by atoms with E-state index in [0.29, 0.717) is 0 Å². The Balaban J connectivity index is 3.38. The topological polar surface area (TPSA) is 62.4 Å². The van der Waals surface area contributed by atoms with Gasteiger partial charge in [-0.1, -0.05) is 6.92 Å². The van der Waals surface area contributed by atoms with Crippen molar-refractivity contribution >= 4 is 5.84 Å². The van der Waals surface area contributed by atoms with Crippen molar-refractivity contribution in [3.8, 4) is 0 Å². The lowest BCUT2D eigenvalue weighted by atomic mass is 10.4. The molecule has 0 amide bonds. The van der Waals surface area contributed by atoms with Gasteiger partial charge in [-0.05, 0) is 0 Å². The molecule has 0 saturated heterocycles. The molecule has 0 aliphatic heterocycles. The fourth-order valence-corrected chi connectivity index (χ4v) is 0.386. The van der Waals surface area contributed by atoms with E-state index in [1.807, 2.05) is 6.92 Å². The second-order valence-corrected chi connectivity index (χ2v) is 1.29. The highest BCUT2D eigenvalue weighted by molar-refractivity contribution is 5.81. The molecule has 8 heavy (non-hydrogen) atoms. The molecule has 4 heteroatoms. The molecule has 48 valence electrons. The van der Waals surface area contributed by atoms with Crippen molar-refractivity contribution in [1.29, 1.82) is 0 Å². The van der Waals surface area contributed by atoms with E-state index in [9.17, 15) is 0 Å². The predicted molar refractivity (Wildman–Crippen MR) is 34.1 cm³/mol. The first kappa shape index (κ1) is 7.39. The molecule has 4 nitrogen and oxygen atoms in total. The normalized spacial score (nSPS) is 11.6. The van der Waals surface area contributed by atoms with Crippen LogP contribution in [0.25, 0.3) is 0 Å². The highest BCUT2D eigenvalue weighted by atomic mass is 15.5. The molecular weight excluding hydrogens is 104 g/mol. The molecule has 0 aliphatic rings. The Bertz CT molecular complexity index is 78.1. The number of hydrogen-bond acceptors (Lipinski definition) is 3. The van der Waals surface area contributed by atoms with Crippen LogP contribution in [0.4, 0.5) is 0 Å². The second-order valence-electron chi connectivity index (χ2n) is 1.29. The van der Waals surface area contributed by atoms with Gasteiger partial charge in [0.15, 0.2) is 0 Å². The van der Waals surface area contributed by atoms with E-state index >= 15 is 0 Å². The van der Waals surface area contributed by atoms with E-state index in [2.05, 4.69) is 16.0 Å². The lowest BCUT2D eigenvalue weighted by Crippen LogP contribution is -2.41. The minimum atomic E-state index is 0.854. The summed E-state index contributed by atoms with van der Waals surface area (Å²) in [6.45, 7) is 1.99. The van der Waals surface area contributed by atoms with Crippen molar-refractivity contribution in [1.82, 2.24) is 11.0 Å². The SMILES string of the molecule is CCC(=NC)NNN. The molecule has 0 spiro atoms. The summed E-state index contributed by atoms with van der Waals surface area (Å²) >= 11 is 0. The van der Waals surface area contributed by atoms with Crippen LogP contribution in [0, 0.1) is 0 Å². The maximum Gasteiger partial charge on any atom is 0.111 e. The summed E-state index contributed by atoms with van der Waals surface area (Å²) in [5.74, 6) is 5.79. The molecule has 0 saturated carbocycles. The second kappa shape index (κ2) is 4.55. The van der Waals surface area contributed by atoms with Gasteiger partial charge in [0.05, 0.1) is 0 Å². The first-order valence-corrected chi connectivity index (χ1v) is 2.52. The zero-order chi connectivity index (χ0) is 6.41. The fourth-order valence-electron chi connectivity index (χ4n) is 0.386. The number of amidine groups is 1. The van der Waals surface area contributed by atoms with Gasteiger partial charge in [-0.3, -0.25) is 16.3 Å². The Labute approximate surface area is 49.1 Å². The number of nitrogens with two attached hydrogens (primary N) is 1. The molecular formula is C4H12N4. The van der Waals surface area contributed by atoms with Crippen molar-refractivity contribution in [2.24, 2.45) is 10.8 Å². The van der Waals surface area contributed by atoms with E-state index in [1.165, 1.54) is 0 Å². The van der Waals surface area contributed by atoms with Crippen LogP contribution in [0.15, 0.2) is 4.99 Å². The van der Waals surface area contributed by atoms with Gasteiger partial charge in [0.25, 0.3) is 0 Å². The Morgan fingerprint density at radius 2 is 2.38 bits per heavy atom.